The number of aliphatic carboxylic acids is 3. The van der Waals surface area contributed by atoms with Crippen LogP contribution in [0.5, 0.6) is 0 Å². The monoisotopic (exact) mass is 745 g/mol. The van der Waals surface area contributed by atoms with Gasteiger partial charge in [0, 0.05) is 0 Å². The van der Waals surface area contributed by atoms with Crippen LogP contribution in [0.2, 0.25) is 2.20 Å². The van der Waals surface area contributed by atoms with Gasteiger partial charge in [-0.2, -0.15) is 0 Å². The van der Waals surface area contributed by atoms with Gasteiger partial charge in [0.05, 0.1) is 0 Å². The Labute approximate surface area is 261 Å². The molecule has 16 heteroatoms. The summed E-state index contributed by atoms with van der Waals surface area (Å²) < 4.78 is 28.6. The molecule has 1 heterocycles. The van der Waals surface area contributed by atoms with Crippen molar-refractivity contribution >= 4 is 27.9 Å². The van der Waals surface area contributed by atoms with Crippen molar-refractivity contribution in [2.24, 2.45) is 0 Å². The standard InChI is InChI=1S/C14H25N4O6.C11H16NO3S.Gd/c19-12(20)9-16-3-1-15-2-4-17(10-13(21)22)6-8-18(7-5-16)11-14(23)24;1-10(13)8-12(16(2,14)15)9-11-6-4-3-5-7-11;/h1-11H2,(H,19,20)(H,21,22)(H,23,24);3-7,10,13H,1,8-9H2,2H3;/q-1;;+1. The van der Waals surface area contributed by atoms with E-state index in [2.05, 4.69) is 1.10 Å². The van der Waals surface area contributed by atoms with Crippen LogP contribution in [0.25, 0.3) is 0 Å². The molecule has 0 radical (unpaired) electrons. The van der Waals surface area contributed by atoms with Crippen molar-refractivity contribution in [2.45, 2.75) is 14.8 Å². The van der Waals surface area contributed by atoms with Crippen molar-refractivity contribution in [1.29, 1.82) is 0 Å². The van der Waals surface area contributed by atoms with Gasteiger partial charge in [0.15, 0.2) is 0 Å². The van der Waals surface area contributed by atoms with E-state index in [-0.39, 0.29) is 32.7 Å². The molecule has 14 nitrogen and oxygen atoms in total. The van der Waals surface area contributed by atoms with Crippen molar-refractivity contribution in [3.05, 3.63) is 35.9 Å². The molecule has 1 aromatic carbocycles. The zero-order valence-electron chi connectivity index (χ0n) is 23.2. The van der Waals surface area contributed by atoms with E-state index in [9.17, 15) is 43.2 Å². The van der Waals surface area contributed by atoms with Gasteiger partial charge in [-0.15, -0.1) is 0 Å². The van der Waals surface area contributed by atoms with Crippen LogP contribution in [0.1, 0.15) is 5.56 Å². The maximum atomic E-state index is 12.4. The van der Waals surface area contributed by atoms with E-state index in [4.69, 9.17) is 0 Å². The fourth-order valence-corrected chi connectivity index (χ4v) is 7.57. The van der Waals surface area contributed by atoms with E-state index in [1.54, 1.807) is 14.7 Å². The Bertz CT molecular complexity index is 1050. The van der Waals surface area contributed by atoms with Gasteiger partial charge in [-0.1, -0.05) is 0 Å². The number of carbonyl (C=O) groups is 3. The number of hydrogen-bond acceptors (Lipinski definition) is 10. The molecule has 234 valence electrons. The maximum absolute atomic E-state index is 12.4. The zero-order valence-corrected chi connectivity index (χ0v) is 26.3. The number of aliphatic hydroxyl groups is 1. The second-order valence-electron chi connectivity index (χ2n) is 9.86. The molecule has 0 spiro atoms. The molecule has 1 atom stereocenters. The quantitative estimate of drug-likeness (QED) is 0.177. The van der Waals surface area contributed by atoms with E-state index in [1.165, 1.54) is 4.31 Å². The molecule has 0 amide bonds. The van der Waals surface area contributed by atoms with Crippen molar-refractivity contribution in [3.63, 3.8) is 0 Å². The third-order valence-corrected chi connectivity index (χ3v) is 11.1. The first-order valence-electron chi connectivity index (χ1n) is 13.1. The zero-order chi connectivity index (χ0) is 30.4. The first-order valence-corrected chi connectivity index (χ1v) is 17.6. The second-order valence-corrected chi connectivity index (χ2v) is 14.9. The topological polar surface area (TPSA) is 182 Å². The van der Waals surface area contributed by atoms with Crippen LogP contribution in [0, 0.1) is 36.3 Å². The summed E-state index contributed by atoms with van der Waals surface area (Å²) in [4.78, 5) is 39.4. The van der Waals surface area contributed by atoms with E-state index >= 15 is 0 Å². The molecule has 1 saturated heterocycles. The molecule has 41 heavy (non-hydrogen) atoms. The summed E-state index contributed by atoms with van der Waals surface area (Å²) in [7, 11) is -3.57. The molecule has 1 unspecified atom stereocenters. The average Bonchev–Trinajstić information content (AvgIpc) is 2.87. The Morgan fingerprint density at radius 3 is 1.61 bits per heavy atom. The molecule has 0 bridgehead atoms. The summed E-state index contributed by atoms with van der Waals surface area (Å²) in [5.74, 6) is -3.00. The Morgan fingerprint density at radius 2 is 1.22 bits per heavy atom. The summed E-state index contributed by atoms with van der Waals surface area (Å²) in [6.45, 7) is 2.55. The average molecular weight is 745 g/mol. The number of carboxylic acids is 3. The Kier molecular flexibility index (Phi) is 16.1. The first kappa shape index (κ1) is 35.9. The van der Waals surface area contributed by atoms with Gasteiger partial charge in [-0.3, -0.25) is 0 Å². The number of sulfonamides is 1. The molecular formula is C25H41GdN5O9S. The minimum absolute atomic E-state index is 0.0513. The molecule has 1 aliphatic rings. The molecule has 0 aliphatic carbocycles. The third-order valence-electron chi connectivity index (χ3n) is 6.32. The Morgan fingerprint density at radius 1 is 0.805 bits per heavy atom. The number of aliphatic hydroxyl groups excluding tert-OH is 1. The Hall–Kier alpha value is -1.34. The number of hydrogen-bond donors (Lipinski definition) is 4. The van der Waals surface area contributed by atoms with Gasteiger partial charge in [0.25, 0.3) is 0 Å². The van der Waals surface area contributed by atoms with E-state index < -0.39 is 70.3 Å². The van der Waals surface area contributed by atoms with Crippen LogP contribution in [-0.4, -0.2) is 158 Å². The van der Waals surface area contributed by atoms with Gasteiger partial charge < -0.3 is 0 Å². The molecule has 1 aromatic rings. The first-order chi connectivity index (χ1) is 19.3. The van der Waals surface area contributed by atoms with Gasteiger partial charge in [0.2, 0.25) is 0 Å². The second kappa shape index (κ2) is 18.4. The molecule has 2 rings (SSSR count). The molecule has 4 N–H and O–H groups in total. The third kappa shape index (κ3) is 15.6. The number of rotatable bonds is 14. The van der Waals surface area contributed by atoms with Gasteiger partial charge in [-0.25, -0.2) is 0 Å². The van der Waals surface area contributed by atoms with Gasteiger partial charge in [-0.05, 0) is 0 Å². The van der Waals surface area contributed by atoms with Crippen LogP contribution >= 0.6 is 0 Å². The predicted octanol–water partition coefficient (Wildman–Crippen LogP) is -1.30. The summed E-state index contributed by atoms with van der Waals surface area (Å²) in [6.07, 6.45) is 0.221. The SMILES string of the molecule is CS(=O)(=O)N(Cc1ccccc1)CC(O)[CH2][Gd][N]1CCN(CC(=O)O)CCN(CC(=O)O)CCN(CC(=O)O)CC1. The molecular weight excluding hydrogens is 704 g/mol. The minimum atomic E-state index is -3.57. The number of nitrogens with zero attached hydrogens (tertiary/aromatic N) is 5. The van der Waals surface area contributed by atoms with Crippen LogP contribution in [0.15, 0.2) is 30.3 Å². The van der Waals surface area contributed by atoms with Crippen LogP contribution < -0.4 is 0 Å². The van der Waals surface area contributed by atoms with Gasteiger partial charge >= 0.3 is 263 Å². The fraction of sp³-hybridized carbons (Fsp3) is 0.640. The summed E-state index contributed by atoms with van der Waals surface area (Å²) >= 11 is -1.12. The normalized spacial score (nSPS) is 18.5. The molecule has 0 aromatic heterocycles. The van der Waals surface area contributed by atoms with Crippen LogP contribution in [0.4, 0.5) is 0 Å². The molecule has 0 saturated carbocycles. The molecule has 1 aliphatic heterocycles. The summed E-state index contributed by atoms with van der Waals surface area (Å²) in [6, 6.07) is 9.13. The van der Waals surface area contributed by atoms with Crippen molar-refractivity contribution in [3.8, 4) is 0 Å². The predicted molar refractivity (Wildman–Crippen MR) is 146 cm³/mol. The Balaban J connectivity index is 2.09. The summed E-state index contributed by atoms with van der Waals surface area (Å²) in [5, 5.41) is 38.8. The van der Waals surface area contributed by atoms with Crippen molar-refractivity contribution < 1.29 is 79.5 Å². The van der Waals surface area contributed by atoms with Crippen LogP contribution in [0.3, 0.4) is 0 Å². The fourth-order valence-electron chi connectivity index (χ4n) is 4.22. The van der Waals surface area contributed by atoms with Gasteiger partial charge in [0.1, 0.15) is 0 Å². The number of benzene rings is 1. The number of carboxylic acid groups (broad SMARTS) is 3. The van der Waals surface area contributed by atoms with E-state index in [1.807, 2.05) is 30.3 Å². The molecule has 1 fully saturated rings. The van der Waals surface area contributed by atoms with Crippen LogP contribution in [-0.2, 0) is 31.0 Å². The summed E-state index contributed by atoms with van der Waals surface area (Å²) in [5.41, 5.74) is 0.810. The van der Waals surface area contributed by atoms with E-state index in [0.717, 1.165) is 11.8 Å². The van der Waals surface area contributed by atoms with Crippen molar-refractivity contribution in [2.75, 3.05) is 84.8 Å². The van der Waals surface area contributed by atoms with E-state index in [0.29, 0.717) is 54.6 Å². The van der Waals surface area contributed by atoms with Crippen molar-refractivity contribution in [1.82, 2.24) is 20.1 Å².